The smallest absolute Gasteiger partial charge is 0.267 e. The molecule has 0 fully saturated rings. The highest BCUT2D eigenvalue weighted by Gasteiger charge is 2.22. The summed E-state index contributed by atoms with van der Waals surface area (Å²) in [5, 5.41) is 13.0. The molecule has 170 valence electrons. The van der Waals surface area contributed by atoms with E-state index >= 15 is 0 Å². The Kier molecular flexibility index (Phi) is 5.75. The number of nitrogens with one attached hydrogen (secondary N) is 1. The Labute approximate surface area is 197 Å². The second-order valence-electron chi connectivity index (χ2n) is 7.33. The second-order valence-corrected chi connectivity index (χ2v) is 7.73. The second kappa shape index (κ2) is 8.68. The highest BCUT2D eigenvalue weighted by Crippen LogP contribution is 2.27. The number of benzene rings is 2. The minimum atomic E-state index is -0.686. The Bertz CT molecular complexity index is 1560. The number of primary amides is 1. The van der Waals surface area contributed by atoms with Crippen molar-refractivity contribution >= 4 is 46.0 Å². The Morgan fingerprint density at radius 2 is 1.91 bits per heavy atom. The molecule has 4 rings (SSSR count). The van der Waals surface area contributed by atoms with Crippen molar-refractivity contribution in [1.82, 2.24) is 19.5 Å². The zero-order chi connectivity index (χ0) is 24.6. The van der Waals surface area contributed by atoms with Gasteiger partial charge in [0.15, 0.2) is 5.82 Å². The predicted octanol–water partition coefficient (Wildman–Crippen LogP) is 2.14. The Balaban J connectivity index is 1.97. The lowest BCUT2D eigenvalue weighted by molar-refractivity contribution is 0.1000. The zero-order valence-electron chi connectivity index (χ0n) is 17.8. The van der Waals surface area contributed by atoms with Gasteiger partial charge in [0.05, 0.1) is 27.7 Å². The number of carbonyl (C=O) groups is 1. The van der Waals surface area contributed by atoms with Crippen LogP contribution in [0.5, 0.6) is 0 Å². The highest BCUT2D eigenvalue weighted by molar-refractivity contribution is 6.35. The summed E-state index contributed by atoms with van der Waals surface area (Å²) < 4.78 is 1.32. The van der Waals surface area contributed by atoms with Gasteiger partial charge in [0, 0.05) is 5.56 Å². The molecule has 0 bridgehead atoms. The molecule has 12 heteroatoms. The van der Waals surface area contributed by atoms with Gasteiger partial charge in [-0.3, -0.25) is 14.2 Å². The minimum Gasteiger partial charge on any atom is -0.382 e. The zero-order valence-corrected chi connectivity index (χ0v) is 18.5. The van der Waals surface area contributed by atoms with Gasteiger partial charge in [-0.1, -0.05) is 23.7 Å². The summed E-state index contributed by atoms with van der Waals surface area (Å²) in [7, 11) is 0. The maximum atomic E-state index is 13.6. The highest BCUT2D eigenvalue weighted by atomic mass is 35.5. The monoisotopic (exact) mass is 475 g/mol. The number of hydrogen-bond acceptors (Lipinski definition) is 9. The van der Waals surface area contributed by atoms with Crippen molar-refractivity contribution in [3.05, 3.63) is 74.8 Å². The molecule has 0 spiro atoms. The molecule has 2 aromatic heterocycles. The summed E-state index contributed by atoms with van der Waals surface area (Å²) in [6, 6.07) is 12.4. The number of amides is 1. The molecule has 0 saturated heterocycles. The van der Waals surface area contributed by atoms with Crippen LogP contribution in [0.25, 0.3) is 16.6 Å². The van der Waals surface area contributed by atoms with E-state index in [9.17, 15) is 14.9 Å². The molecule has 4 aromatic rings. The first-order chi connectivity index (χ1) is 16.2. The standard InChI is InChI=1S/C22H18ClN9O2/c1-10(28-19-13(9-24)17(25)30-22(27)31-19)20-29-15-7-3-6-14(23)16(15)21(34)32(20)12-5-2-4-11(8-12)18(26)33/h2-8,10H,1H3,(H2,26,33)(H5,25,27,28,30,31)/t10-/m1/s1. The fraction of sp³-hybridized carbons (Fsp3) is 0.0909. The molecule has 0 radical (unpaired) electrons. The summed E-state index contributed by atoms with van der Waals surface area (Å²) in [6.45, 7) is 1.71. The van der Waals surface area contributed by atoms with Crippen molar-refractivity contribution in [3.63, 3.8) is 0 Å². The van der Waals surface area contributed by atoms with E-state index in [0.29, 0.717) is 11.2 Å². The number of halogens is 1. The third-order valence-electron chi connectivity index (χ3n) is 5.07. The molecule has 0 aliphatic rings. The van der Waals surface area contributed by atoms with Gasteiger partial charge in [-0.15, -0.1) is 0 Å². The number of carbonyl (C=O) groups excluding carboxylic acids is 1. The van der Waals surface area contributed by atoms with Gasteiger partial charge in [0.2, 0.25) is 11.9 Å². The van der Waals surface area contributed by atoms with Crippen LogP contribution >= 0.6 is 11.6 Å². The SMILES string of the molecule is C[C@@H](Nc1nc(N)nc(N)c1C#N)c1nc2cccc(Cl)c2c(=O)n1-c1cccc(C(N)=O)c1. The first-order valence-electron chi connectivity index (χ1n) is 9.92. The lowest BCUT2D eigenvalue weighted by atomic mass is 10.1. The molecular formula is C22H18ClN9O2. The minimum absolute atomic E-state index is 0.00509. The van der Waals surface area contributed by atoms with E-state index in [0.717, 1.165) is 0 Å². The number of anilines is 3. The largest absolute Gasteiger partial charge is 0.382 e. The number of hydrogen-bond donors (Lipinski definition) is 4. The molecule has 1 atom stereocenters. The van der Waals surface area contributed by atoms with E-state index in [1.165, 1.54) is 16.7 Å². The number of rotatable bonds is 5. The topological polar surface area (TPSA) is 192 Å². The quantitative estimate of drug-likeness (QED) is 0.334. The first-order valence-corrected chi connectivity index (χ1v) is 10.3. The predicted molar refractivity (Wildman–Crippen MR) is 128 cm³/mol. The number of fused-ring (bicyclic) bond motifs is 1. The van der Waals surface area contributed by atoms with Crippen molar-refractivity contribution in [2.75, 3.05) is 16.8 Å². The molecule has 34 heavy (non-hydrogen) atoms. The van der Waals surface area contributed by atoms with Gasteiger partial charge < -0.3 is 22.5 Å². The van der Waals surface area contributed by atoms with Crippen LogP contribution in [0.3, 0.4) is 0 Å². The van der Waals surface area contributed by atoms with Crippen LogP contribution in [0.2, 0.25) is 5.02 Å². The molecule has 11 nitrogen and oxygen atoms in total. The number of nitrogens with zero attached hydrogens (tertiary/aromatic N) is 5. The van der Waals surface area contributed by atoms with Crippen LogP contribution < -0.4 is 28.1 Å². The van der Waals surface area contributed by atoms with E-state index in [1.807, 2.05) is 6.07 Å². The van der Waals surface area contributed by atoms with Crippen molar-refractivity contribution in [2.24, 2.45) is 5.73 Å². The summed E-state index contributed by atoms with van der Waals surface area (Å²) in [6.07, 6.45) is 0. The average Bonchev–Trinajstić information content (AvgIpc) is 2.78. The molecule has 0 aliphatic carbocycles. The number of nitriles is 1. The lowest BCUT2D eigenvalue weighted by Crippen LogP contribution is -2.28. The van der Waals surface area contributed by atoms with E-state index < -0.39 is 17.5 Å². The summed E-state index contributed by atoms with van der Waals surface area (Å²) in [4.78, 5) is 37.9. The summed E-state index contributed by atoms with van der Waals surface area (Å²) in [5.74, 6) is -0.538. The Hall–Kier alpha value is -4.69. The summed E-state index contributed by atoms with van der Waals surface area (Å²) >= 11 is 6.32. The van der Waals surface area contributed by atoms with Gasteiger partial charge in [0.25, 0.3) is 5.56 Å². The molecule has 2 heterocycles. The van der Waals surface area contributed by atoms with Crippen LogP contribution in [0.4, 0.5) is 17.6 Å². The van der Waals surface area contributed by atoms with Crippen molar-refractivity contribution < 1.29 is 4.79 Å². The van der Waals surface area contributed by atoms with Crippen molar-refractivity contribution in [3.8, 4) is 11.8 Å². The maximum absolute atomic E-state index is 13.6. The van der Waals surface area contributed by atoms with E-state index in [4.69, 9.17) is 28.8 Å². The van der Waals surface area contributed by atoms with Crippen LogP contribution in [-0.2, 0) is 0 Å². The van der Waals surface area contributed by atoms with Crippen LogP contribution in [0.15, 0.2) is 47.3 Å². The van der Waals surface area contributed by atoms with E-state index in [1.54, 1.807) is 37.3 Å². The molecule has 0 unspecified atom stereocenters. The molecule has 0 aliphatic heterocycles. The van der Waals surface area contributed by atoms with Gasteiger partial charge in [0.1, 0.15) is 23.3 Å². The van der Waals surface area contributed by atoms with Crippen molar-refractivity contribution in [1.29, 1.82) is 5.26 Å². The fourth-order valence-electron chi connectivity index (χ4n) is 3.53. The Morgan fingerprint density at radius 1 is 1.18 bits per heavy atom. The van der Waals surface area contributed by atoms with Crippen LogP contribution in [-0.4, -0.2) is 25.4 Å². The molecule has 2 aromatic carbocycles. The fourth-order valence-corrected chi connectivity index (χ4v) is 3.78. The molecule has 7 N–H and O–H groups in total. The number of nitrogen functional groups attached to an aromatic ring is 2. The van der Waals surface area contributed by atoms with Gasteiger partial charge >= 0.3 is 0 Å². The number of nitrogens with two attached hydrogens (primary N) is 3. The van der Waals surface area contributed by atoms with Crippen LogP contribution in [0.1, 0.15) is 34.7 Å². The number of aromatic nitrogens is 4. The van der Waals surface area contributed by atoms with Crippen LogP contribution in [0, 0.1) is 11.3 Å². The van der Waals surface area contributed by atoms with Gasteiger partial charge in [-0.05, 0) is 37.3 Å². The van der Waals surface area contributed by atoms with Gasteiger partial charge in [-0.2, -0.15) is 15.2 Å². The average molecular weight is 476 g/mol. The Morgan fingerprint density at radius 3 is 2.62 bits per heavy atom. The molecule has 0 saturated carbocycles. The van der Waals surface area contributed by atoms with Crippen molar-refractivity contribution in [2.45, 2.75) is 13.0 Å². The molecule has 1 amide bonds. The van der Waals surface area contributed by atoms with E-state index in [-0.39, 0.29) is 44.9 Å². The molecular weight excluding hydrogens is 458 g/mol. The third kappa shape index (κ3) is 3.94. The normalized spacial score (nSPS) is 11.7. The third-order valence-corrected chi connectivity index (χ3v) is 5.38. The van der Waals surface area contributed by atoms with Gasteiger partial charge in [-0.25, -0.2) is 4.98 Å². The lowest BCUT2D eigenvalue weighted by Gasteiger charge is -2.21. The first kappa shape index (κ1) is 22.5. The maximum Gasteiger partial charge on any atom is 0.267 e. The van der Waals surface area contributed by atoms with E-state index in [2.05, 4.69) is 20.3 Å². The summed E-state index contributed by atoms with van der Waals surface area (Å²) in [5.41, 5.74) is 17.4.